The molecule has 0 amide bonds. The number of nitrogens with zero attached hydrogens (tertiary/aromatic N) is 1. The zero-order valence-corrected chi connectivity index (χ0v) is 13.7. The molecule has 0 aromatic heterocycles. The van der Waals surface area contributed by atoms with Gasteiger partial charge < -0.3 is 10.1 Å². The predicted octanol–water partition coefficient (Wildman–Crippen LogP) is 4.01. The van der Waals surface area contributed by atoms with Crippen molar-refractivity contribution in [3.8, 4) is 5.75 Å². The van der Waals surface area contributed by atoms with Crippen LogP contribution in [-0.4, -0.2) is 24.1 Å². The lowest BCUT2D eigenvalue weighted by atomic mass is 9.84. The Bertz CT molecular complexity index is 525. The average molecular weight is 304 g/mol. The molecule has 0 bridgehead atoms. The summed E-state index contributed by atoms with van der Waals surface area (Å²) in [5.41, 5.74) is 1.67. The van der Waals surface area contributed by atoms with Gasteiger partial charge in [-0.1, -0.05) is 43.8 Å². The van der Waals surface area contributed by atoms with Crippen molar-refractivity contribution < 1.29 is 4.74 Å². The summed E-state index contributed by atoms with van der Waals surface area (Å²) in [7, 11) is 0. The average Bonchev–Trinajstić information content (AvgIpc) is 2.56. The van der Waals surface area contributed by atoms with E-state index in [1.54, 1.807) is 0 Å². The van der Waals surface area contributed by atoms with E-state index in [0.717, 1.165) is 30.5 Å². The molecule has 21 heavy (non-hydrogen) atoms. The lowest BCUT2D eigenvalue weighted by molar-refractivity contribution is 0.262. The second-order valence-electron chi connectivity index (χ2n) is 5.99. The monoisotopic (exact) mass is 304 g/mol. The standard InChI is InChI=1S/C17H24N2OS/c1-3-17(4-2)11-18-16(21-12-17)19-14-9-10-20-15-8-6-5-7-13(14)15/h5-8,14H,3-4,9-12H2,1-2H3,(H,18,19). The fourth-order valence-electron chi connectivity index (χ4n) is 2.96. The minimum Gasteiger partial charge on any atom is -0.493 e. The van der Waals surface area contributed by atoms with Gasteiger partial charge in [0.15, 0.2) is 5.17 Å². The molecule has 1 aromatic rings. The Morgan fingerprint density at radius 3 is 2.86 bits per heavy atom. The number of benzene rings is 1. The molecule has 114 valence electrons. The number of para-hydroxylation sites is 1. The Kier molecular flexibility index (Phi) is 4.43. The van der Waals surface area contributed by atoms with E-state index in [0.29, 0.717) is 11.5 Å². The smallest absolute Gasteiger partial charge is 0.157 e. The molecule has 1 atom stereocenters. The van der Waals surface area contributed by atoms with Gasteiger partial charge in [-0.15, -0.1) is 0 Å². The molecule has 3 rings (SSSR count). The number of aliphatic imine (C=N–C) groups is 1. The van der Waals surface area contributed by atoms with Crippen LogP contribution in [0.5, 0.6) is 5.75 Å². The summed E-state index contributed by atoms with van der Waals surface area (Å²) in [5.74, 6) is 2.19. The highest BCUT2D eigenvalue weighted by molar-refractivity contribution is 8.13. The fraction of sp³-hybridized carbons (Fsp3) is 0.588. The Hall–Kier alpha value is -1.16. The fourth-order valence-corrected chi connectivity index (χ4v) is 4.28. The van der Waals surface area contributed by atoms with Gasteiger partial charge in [0.05, 0.1) is 12.6 Å². The van der Waals surface area contributed by atoms with Crippen LogP contribution in [0.15, 0.2) is 29.3 Å². The van der Waals surface area contributed by atoms with Crippen molar-refractivity contribution >= 4 is 16.9 Å². The van der Waals surface area contributed by atoms with Crippen molar-refractivity contribution in [2.24, 2.45) is 10.4 Å². The van der Waals surface area contributed by atoms with E-state index >= 15 is 0 Å². The molecule has 0 fully saturated rings. The molecular weight excluding hydrogens is 280 g/mol. The lowest BCUT2D eigenvalue weighted by Gasteiger charge is -2.35. The molecule has 3 nitrogen and oxygen atoms in total. The number of ether oxygens (including phenoxy) is 1. The van der Waals surface area contributed by atoms with Crippen LogP contribution < -0.4 is 10.1 Å². The SMILES string of the molecule is CCC1(CC)CN=C(NC2CCOc3ccccc32)SC1. The molecule has 0 saturated heterocycles. The van der Waals surface area contributed by atoms with Crippen molar-refractivity contribution in [2.75, 3.05) is 18.9 Å². The van der Waals surface area contributed by atoms with Crippen LogP contribution in [0.4, 0.5) is 0 Å². The summed E-state index contributed by atoms with van der Waals surface area (Å²) in [6.45, 7) is 6.31. The molecule has 1 aromatic carbocycles. The summed E-state index contributed by atoms with van der Waals surface area (Å²) < 4.78 is 5.72. The highest BCUT2D eigenvalue weighted by atomic mass is 32.2. The number of amidine groups is 1. The van der Waals surface area contributed by atoms with Gasteiger partial charge in [-0.2, -0.15) is 0 Å². The highest BCUT2D eigenvalue weighted by Crippen LogP contribution is 2.37. The van der Waals surface area contributed by atoms with E-state index in [-0.39, 0.29) is 0 Å². The van der Waals surface area contributed by atoms with Gasteiger partial charge >= 0.3 is 0 Å². The minimum atomic E-state index is 0.331. The van der Waals surface area contributed by atoms with Crippen LogP contribution in [0.2, 0.25) is 0 Å². The van der Waals surface area contributed by atoms with Gasteiger partial charge in [0.25, 0.3) is 0 Å². The van der Waals surface area contributed by atoms with Crippen LogP contribution in [-0.2, 0) is 0 Å². The lowest BCUT2D eigenvalue weighted by Crippen LogP contribution is -2.37. The van der Waals surface area contributed by atoms with Crippen molar-refractivity contribution in [1.82, 2.24) is 5.32 Å². The normalized spacial score (nSPS) is 23.7. The maximum Gasteiger partial charge on any atom is 0.157 e. The molecule has 0 radical (unpaired) electrons. The van der Waals surface area contributed by atoms with E-state index in [9.17, 15) is 0 Å². The Morgan fingerprint density at radius 2 is 2.14 bits per heavy atom. The zero-order chi connectivity index (χ0) is 14.7. The summed E-state index contributed by atoms with van der Waals surface area (Å²) >= 11 is 1.89. The van der Waals surface area contributed by atoms with Crippen molar-refractivity contribution in [2.45, 2.75) is 39.2 Å². The first-order valence-electron chi connectivity index (χ1n) is 7.92. The Morgan fingerprint density at radius 1 is 1.33 bits per heavy atom. The number of thioether (sulfide) groups is 1. The van der Waals surface area contributed by atoms with Gasteiger partial charge in [-0.25, -0.2) is 0 Å². The van der Waals surface area contributed by atoms with E-state index in [1.807, 2.05) is 17.8 Å². The second kappa shape index (κ2) is 6.30. The topological polar surface area (TPSA) is 33.6 Å². The number of nitrogens with one attached hydrogen (secondary N) is 1. The van der Waals surface area contributed by atoms with E-state index in [4.69, 9.17) is 9.73 Å². The zero-order valence-electron chi connectivity index (χ0n) is 12.9. The van der Waals surface area contributed by atoms with Crippen molar-refractivity contribution in [3.63, 3.8) is 0 Å². The number of rotatable bonds is 3. The van der Waals surface area contributed by atoms with Crippen LogP contribution in [0, 0.1) is 5.41 Å². The molecule has 0 aliphatic carbocycles. The Labute approximate surface area is 131 Å². The third kappa shape index (κ3) is 3.05. The van der Waals surface area contributed by atoms with Crippen molar-refractivity contribution in [1.29, 1.82) is 0 Å². The molecule has 0 spiro atoms. The molecule has 2 aliphatic rings. The number of hydrogen-bond donors (Lipinski definition) is 1. The van der Waals surface area contributed by atoms with E-state index in [2.05, 4.69) is 37.4 Å². The van der Waals surface area contributed by atoms with Crippen LogP contribution in [0.1, 0.15) is 44.7 Å². The first-order chi connectivity index (χ1) is 10.3. The maximum absolute atomic E-state index is 5.72. The van der Waals surface area contributed by atoms with E-state index < -0.39 is 0 Å². The third-order valence-corrected chi connectivity index (χ3v) is 6.11. The van der Waals surface area contributed by atoms with Gasteiger partial charge in [0, 0.05) is 24.3 Å². The molecule has 1 N–H and O–H groups in total. The number of hydrogen-bond acceptors (Lipinski definition) is 4. The molecule has 2 heterocycles. The first kappa shape index (κ1) is 14.8. The summed E-state index contributed by atoms with van der Waals surface area (Å²) in [5, 5.41) is 4.74. The Balaban J connectivity index is 1.70. The molecular formula is C17H24N2OS. The third-order valence-electron chi connectivity index (χ3n) is 4.83. The molecule has 4 heteroatoms. The first-order valence-corrected chi connectivity index (χ1v) is 8.90. The van der Waals surface area contributed by atoms with Gasteiger partial charge in [-0.3, -0.25) is 4.99 Å². The number of fused-ring (bicyclic) bond motifs is 1. The predicted molar refractivity (Wildman–Crippen MR) is 90.2 cm³/mol. The summed E-state index contributed by atoms with van der Waals surface area (Å²) in [4.78, 5) is 4.82. The maximum atomic E-state index is 5.72. The highest BCUT2D eigenvalue weighted by Gasteiger charge is 2.31. The summed E-state index contributed by atoms with van der Waals surface area (Å²) in [6.07, 6.45) is 3.43. The largest absolute Gasteiger partial charge is 0.493 e. The van der Waals surface area contributed by atoms with Gasteiger partial charge in [-0.05, 0) is 24.3 Å². The summed E-state index contributed by atoms with van der Waals surface area (Å²) in [6, 6.07) is 8.65. The van der Waals surface area contributed by atoms with Crippen molar-refractivity contribution in [3.05, 3.63) is 29.8 Å². The van der Waals surface area contributed by atoms with Crippen LogP contribution in [0.3, 0.4) is 0 Å². The minimum absolute atomic E-state index is 0.331. The van der Waals surface area contributed by atoms with E-state index in [1.165, 1.54) is 24.2 Å². The quantitative estimate of drug-likeness (QED) is 0.916. The molecule has 0 saturated carbocycles. The second-order valence-corrected chi connectivity index (χ2v) is 6.95. The van der Waals surface area contributed by atoms with Gasteiger partial charge in [0.2, 0.25) is 0 Å². The molecule has 1 unspecified atom stereocenters. The molecule has 2 aliphatic heterocycles. The van der Waals surface area contributed by atoms with Gasteiger partial charge in [0.1, 0.15) is 5.75 Å². The van der Waals surface area contributed by atoms with Crippen LogP contribution in [0.25, 0.3) is 0 Å². The van der Waals surface area contributed by atoms with Crippen LogP contribution >= 0.6 is 11.8 Å².